The van der Waals surface area contributed by atoms with E-state index in [0.717, 1.165) is 18.5 Å². The van der Waals surface area contributed by atoms with Gasteiger partial charge in [0.2, 0.25) is 0 Å². The minimum atomic E-state index is 0.602. The van der Waals surface area contributed by atoms with Crippen molar-refractivity contribution in [2.24, 2.45) is 5.92 Å². The van der Waals surface area contributed by atoms with Crippen molar-refractivity contribution in [2.75, 3.05) is 6.54 Å². The largest absolute Gasteiger partial charge is 0.385 e. The number of pyridine rings is 1. The zero-order valence-corrected chi connectivity index (χ0v) is 22.8. The van der Waals surface area contributed by atoms with Gasteiger partial charge in [-0.05, 0) is 66.7 Å². The predicted octanol–water partition coefficient (Wildman–Crippen LogP) is 9.57. The first-order chi connectivity index (χ1) is 17.6. The second-order valence-electron chi connectivity index (χ2n) is 9.94. The number of hydrogen-bond donors (Lipinski definition) is 1. The minimum Gasteiger partial charge on any atom is -0.385 e. The van der Waals surface area contributed by atoms with Gasteiger partial charge < -0.3 is 5.32 Å². The number of likely N-dealkylation sites (N-methyl/N-ethyl adjacent to an activating group) is 1. The number of nitrogens with zero attached hydrogens (tertiary/aromatic N) is 1. The van der Waals surface area contributed by atoms with Crippen LogP contribution in [-0.2, 0) is 0 Å². The van der Waals surface area contributed by atoms with Crippen LogP contribution in [0.3, 0.4) is 0 Å². The third-order valence-corrected chi connectivity index (χ3v) is 6.74. The highest BCUT2D eigenvalue weighted by atomic mass is 14.9. The fourth-order valence-electron chi connectivity index (χ4n) is 4.70. The van der Waals surface area contributed by atoms with Gasteiger partial charge in [0, 0.05) is 23.8 Å². The molecule has 5 rings (SSSR count). The molecule has 0 aliphatic heterocycles. The molecular formula is C34H44N2. The summed E-state index contributed by atoms with van der Waals surface area (Å²) in [5.74, 6) is 0.602. The van der Waals surface area contributed by atoms with Gasteiger partial charge in [0.1, 0.15) is 0 Å². The Labute approximate surface area is 219 Å². The molecule has 3 aromatic rings. The van der Waals surface area contributed by atoms with Gasteiger partial charge in [0.15, 0.2) is 0 Å². The lowest BCUT2D eigenvalue weighted by atomic mass is 9.99. The monoisotopic (exact) mass is 480 g/mol. The van der Waals surface area contributed by atoms with E-state index in [2.05, 4.69) is 105 Å². The summed E-state index contributed by atoms with van der Waals surface area (Å²) in [5.41, 5.74) is 7.51. The zero-order chi connectivity index (χ0) is 25.6. The van der Waals surface area contributed by atoms with Crippen LogP contribution in [0.1, 0.15) is 71.3 Å². The number of nitrogens with one attached hydrogen (secondary N) is 1. The molecule has 1 fully saturated rings. The van der Waals surface area contributed by atoms with Crippen molar-refractivity contribution in [3.8, 4) is 11.1 Å². The van der Waals surface area contributed by atoms with E-state index in [1.54, 1.807) is 0 Å². The van der Waals surface area contributed by atoms with Crippen molar-refractivity contribution in [3.05, 3.63) is 102 Å². The number of benzene rings is 2. The molecule has 0 radical (unpaired) electrons. The summed E-state index contributed by atoms with van der Waals surface area (Å²) < 4.78 is 0. The minimum absolute atomic E-state index is 0.602. The molecular weight excluding hydrogens is 436 g/mol. The predicted molar refractivity (Wildman–Crippen MR) is 158 cm³/mol. The van der Waals surface area contributed by atoms with E-state index in [4.69, 9.17) is 0 Å². The number of fused-ring (bicyclic) bond motifs is 1. The van der Waals surface area contributed by atoms with E-state index in [9.17, 15) is 0 Å². The van der Waals surface area contributed by atoms with Gasteiger partial charge in [-0.15, -0.1) is 0 Å². The van der Waals surface area contributed by atoms with E-state index in [0.29, 0.717) is 5.92 Å². The lowest BCUT2D eigenvalue weighted by molar-refractivity contribution is 0.504. The van der Waals surface area contributed by atoms with Gasteiger partial charge in [-0.1, -0.05) is 113 Å². The van der Waals surface area contributed by atoms with E-state index in [-0.39, 0.29) is 0 Å². The fraction of sp³-hybridized carbons (Fsp3) is 0.382. The lowest BCUT2D eigenvalue weighted by Gasteiger charge is -2.15. The van der Waals surface area contributed by atoms with Gasteiger partial charge in [-0.25, -0.2) is 0 Å². The average Bonchev–Trinajstić information content (AvgIpc) is 3.17. The first kappa shape index (κ1) is 27.5. The Bertz CT molecular complexity index is 1140. The molecule has 2 aliphatic carbocycles. The summed E-state index contributed by atoms with van der Waals surface area (Å²) in [4.78, 5) is 4.43. The SMILES string of the molecule is C1CCCCC1.CCNC1=CC=CCC=C1C(C)C.Cc1ccnc2cc(-c3ccccc3)ccc12. The van der Waals surface area contributed by atoms with Crippen molar-refractivity contribution >= 4 is 10.9 Å². The number of allylic oxidation sites excluding steroid dienone is 5. The first-order valence-corrected chi connectivity index (χ1v) is 13.8. The van der Waals surface area contributed by atoms with Crippen LogP contribution in [0.2, 0.25) is 0 Å². The first-order valence-electron chi connectivity index (χ1n) is 13.8. The summed E-state index contributed by atoms with van der Waals surface area (Å²) in [6.45, 7) is 9.72. The molecule has 190 valence electrons. The second-order valence-corrected chi connectivity index (χ2v) is 9.94. The maximum absolute atomic E-state index is 4.43. The Morgan fingerprint density at radius 3 is 2.19 bits per heavy atom. The molecule has 0 amide bonds. The molecule has 2 heteroatoms. The van der Waals surface area contributed by atoms with Crippen LogP contribution in [0, 0.1) is 12.8 Å². The van der Waals surface area contributed by atoms with Gasteiger partial charge in [0.05, 0.1) is 5.52 Å². The Kier molecular flexibility index (Phi) is 11.5. The molecule has 36 heavy (non-hydrogen) atoms. The molecule has 0 unspecified atom stereocenters. The maximum atomic E-state index is 4.43. The smallest absolute Gasteiger partial charge is 0.0710 e. The molecule has 0 bridgehead atoms. The van der Waals surface area contributed by atoms with Crippen molar-refractivity contribution in [1.29, 1.82) is 0 Å². The molecule has 0 atom stereocenters. The maximum Gasteiger partial charge on any atom is 0.0710 e. The molecule has 1 heterocycles. The number of rotatable bonds is 4. The Morgan fingerprint density at radius 2 is 1.56 bits per heavy atom. The summed E-state index contributed by atoms with van der Waals surface area (Å²) >= 11 is 0. The highest BCUT2D eigenvalue weighted by Gasteiger charge is 2.08. The number of hydrogen-bond acceptors (Lipinski definition) is 2. The summed E-state index contributed by atoms with van der Waals surface area (Å²) in [5, 5.41) is 4.63. The number of aryl methyl sites for hydroxylation is 1. The van der Waals surface area contributed by atoms with Crippen molar-refractivity contribution < 1.29 is 0 Å². The van der Waals surface area contributed by atoms with E-state index in [1.807, 2.05) is 18.3 Å². The van der Waals surface area contributed by atoms with Gasteiger partial charge in [0.25, 0.3) is 0 Å². The van der Waals surface area contributed by atoms with Crippen LogP contribution in [0.4, 0.5) is 0 Å². The standard InChI is InChI=1S/C16H13N.C12H19N.C6H12/c1-12-9-10-17-16-11-14(7-8-15(12)16)13-5-3-2-4-6-13;1-4-13-12-9-7-5-6-8-11(12)10(2)3;1-2-4-6-5-3-1/h2-11H,1H3;5,7-10,13H,4,6H2,1-3H3;1-6H2. The summed E-state index contributed by atoms with van der Waals surface area (Å²) in [6, 6.07) is 18.9. The van der Waals surface area contributed by atoms with Crippen LogP contribution in [-0.4, -0.2) is 11.5 Å². The summed E-state index contributed by atoms with van der Waals surface area (Å²) in [7, 11) is 0. The van der Waals surface area contributed by atoms with Crippen LogP contribution >= 0.6 is 0 Å². The number of aromatic nitrogens is 1. The fourth-order valence-corrected chi connectivity index (χ4v) is 4.70. The molecule has 2 aromatic carbocycles. The normalized spacial score (nSPS) is 15.0. The topological polar surface area (TPSA) is 24.9 Å². The highest BCUT2D eigenvalue weighted by molar-refractivity contribution is 5.86. The molecule has 1 aromatic heterocycles. The van der Waals surface area contributed by atoms with Crippen LogP contribution < -0.4 is 5.32 Å². The molecule has 2 nitrogen and oxygen atoms in total. The highest BCUT2D eigenvalue weighted by Crippen LogP contribution is 2.24. The van der Waals surface area contributed by atoms with Gasteiger partial charge >= 0.3 is 0 Å². The summed E-state index contributed by atoms with van der Waals surface area (Å²) in [6.07, 6.45) is 20.7. The van der Waals surface area contributed by atoms with Crippen LogP contribution in [0.5, 0.6) is 0 Å². The van der Waals surface area contributed by atoms with Crippen LogP contribution in [0.15, 0.2) is 96.4 Å². The Morgan fingerprint density at radius 1 is 0.861 bits per heavy atom. The van der Waals surface area contributed by atoms with Crippen molar-refractivity contribution in [1.82, 2.24) is 10.3 Å². The zero-order valence-electron chi connectivity index (χ0n) is 22.8. The lowest BCUT2D eigenvalue weighted by Crippen LogP contribution is -2.16. The van der Waals surface area contributed by atoms with Crippen LogP contribution in [0.25, 0.3) is 22.0 Å². The third-order valence-electron chi connectivity index (χ3n) is 6.74. The molecule has 2 aliphatic rings. The van der Waals surface area contributed by atoms with Gasteiger partial charge in [-0.3, -0.25) is 4.98 Å². The second kappa shape index (κ2) is 15.1. The van der Waals surface area contributed by atoms with E-state index >= 15 is 0 Å². The van der Waals surface area contributed by atoms with E-state index < -0.39 is 0 Å². The third kappa shape index (κ3) is 8.52. The van der Waals surface area contributed by atoms with Gasteiger partial charge in [-0.2, -0.15) is 0 Å². The van der Waals surface area contributed by atoms with Crippen molar-refractivity contribution in [3.63, 3.8) is 0 Å². The molecule has 1 saturated carbocycles. The average molecular weight is 481 g/mol. The Balaban J connectivity index is 0.000000168. The molecule has 1 N–H and O–H groups in total. The Hall–Kier alpha value is -3.13. The van der Waals surface area contributed by atoms with E-state index in [1.165, 1.54) is 71.9 Å². The molecule has 0 saturated heterocycles. The van der Waals surface area contributed by atoms with Crippen molar-refractivity contribution in [2.45, 2.75) is 72.6 Å². The quantitative estimate of drug-likeness (QED) is 0.402. The molecule has 0 spiro atoms.